The van der Waals surface area contributed by atoms with Crippen LogP contribution in [0, 0.1) is 0 Å². The maximum atomic E-state index is 12.0. The maximum Gasteiger partial charge on any atom is 0.306 e. The highest BCUT2D eigenvalue weighted by molar-refractivity contribution is 5.81. The summed E-state index contributed by atoms with van der Waals surface area (Å²) in [5, 5.41) is 9.79. The second kappa shape index (κ2) is 7.53. The van der Waals surface area contributed by atoms with Gasteiger partial charge in [0.05, 0.1) is 19.1 Å². The average molecular weight is 279 g/mol. The first-order chi connectivity index (χ1) is 9.47. The smallest absolute Gasteiger partial charge is 0.306 e. The molecular weight excluding hydrogens is 258 g/mol. The molecule has 1 atom stereocenters. The predicted molar refractivity (Wildman–Crippen MR) is 75.2 cm³/mol. The van der Waals surface area contributed by atoms with Crippen LogP contribution in [0.2, 0.25) is 0 Å². The SMILES string of the molecule is CCOC(=O)CCC(=O)N(C)C(C)c1ccccc1O. The van der Waals surface area contributed by atoms with Crippen molar-refractivity contribution in [3.63, 3.8) is 0 Å². The van der Waals surface area contributed by atoms with E-state index in [1.807, 2.05) is 13.0 Å². The fourth-order valence-electron chi connectivity index (χ4n) is 1.88. The molecule has 0 saturated heterocycles. The summed E-state index contributed by atoms with van der Waals surface area (Å²) in [5.74, 6) is -0.372. The van der Waals surface area contributed by atoms with Crippen molar-refractivity contribution in [3.8, 4) is 5.75 Å². The minimum Gasteiger partial charge on any atom is -0.508 e. The lowest BCUT2D eigenvalue weighted by atomic mass is 10.1. The summed E-state index contributed by atoms with van der Waals surface area (Å²) in [7, 11) is 1.66. The third-order valence-electron chi connectivity index (χ3n) is 3.21. The van der Waals surface area contributed by atoms with Gasteiger partial charge in [0.1, 0.15) is 5.75 Å². The Labute approximate surface area is 119 Å². The molecule has 0 aromatic heterocycles. The van der Waals surface area contributed by atoms with Crippen molar-refractivity contribution in [3.05, 3.63) is 29.8 Å². The van der Waals surface area contributed by atoms with Gasteiger partial charge in [-0.05, 0) is 19.9 Å². The van der Waals surface area contributed by atoms with Gasteiger partial charge in [-0.15, -0.1) is 0 Å². The van der Waals surface area contributed by atoms with Crippen molar-refractivity contribution in [2.75, 3.05) is 13.7 Å². The minimum absolute atomic E-state index is 0.0739. The minimum atomic E-state index is -0.371. The fourth-order valence-corrected chi connectivity index (χ4v) is 1.88. The molecule has 0 bridgehead atoms. The number of hydrogen-bond acceptors (Lipinski definition) is 4. The molecule has 0 aliphatic rings. The summed E-state index contributed by atoms with van der Waals surface area (Å²) in [4.78, 5) is 24.8. The highest BCUT2D eigenvalue weighted by Crippen LogP contribution is 2.27. The topological polar surface area (TPSA) is 66.8 Å². The summed E-state index contributed by atoms with van der Waals surface area (Å²) >= 11 is 0. The van der Waals surface area contributed by atoms with Gasteiger partial charge in [0.15, 0.2) is 0 Å². The molecule has 5 nitrogen and oxygen atoms in total. The van der Waals surface area contributed by atoms with Gasteiger partial charge in [-0.3, -0.25) is 9.59 Å². The normalized spacial score (nSPS) is 11.8. The lowest BCUT2D eigenvalue weighted by molar-refractivity contribution is -0.145. The number of nitrogens with zero attached hydrogens (tertiary/aromatic N) is 1. The molecule has 0 spiro atoms. The molecule has 20 heavy (non-hydrogen) atoms. The number of amides is 1. The van der Waals surface area contributed by atoms with Crippen molar-refractivity contribution in [2.45, 2.75) is 32.7 Å². The first-order valence-corrected chi connectivity index (χ1v) is 6.66. The van der Waals surface area contributed by atoms with Gasteiger partial charge >= 0.3 is 5.97 Å². The van der Waals surface area contributed by atoms with Gasteiger partial charge in [0, 0.05) is 19.0 Å². The summed E-state index contributed by atoms with van der Waals surface area (Å²) in [6, 6.07) is 6.64. The Hall–Kier alpha value is -2.04. The molecule has 1 N–H and O–H groups in total. The number of para-hydroxylation sites is 1. The van der Waals surface area contributed by atoms with E-state index < -0.39 is 0 Å². The highest BCUT2D eigenvalue weighted by Gasteiger charge is 2.20. The first-order valence-electron chi connectivity index (χ1n) is 6.66. The average Bonchev–Trinajstić information content (AvgIpc) is 2.44. The van der Waals surface area contributed by atoms with Gasteiger partial charge in [0.2, 0.25) is 5.91 Å². The van der Waals surface area contributed by atoms with Crippen LogP contribution in [0.1, 0.15) is 38.3 Å². The second-order valence-electron chi connectivity index (χ2n) is 4.54. The molecule has 1 unspecified atom stereocenters. The van der Waals surface area contributed by atoms with Gasteiger partial charge in [0.25, 0.3) is 0 Å². The number of phenolic OH excluding ortho intramolecular Hbond substituents is 1. The van der Waals surface area contributed by atoms with Crippen LogP contribution in [-0.4, -0.2) is 35.5 Å². The molecule has 1 aromatic carbocycles. The molecule has 1 amide bonds. The van der Waals surface area contributed by atoms with Crippen molar-refractivity contribution < 1.29 is 19.4 Å². The van der Waals surface area contributed by atoms with Crippen LogP contribution in [0.5, 0.6) is 5.75 Å². The largest absolute Gasteiger partial charge is 0.508 e. The zero-order valence-corrected chi connectivity index (χ0v) is 12.1. The zero-order valence-electron chi connectivity index (χ0n) is 12.1. The summed E-state index contributed by atoms with van der Waals surface area (Å²) < 4.78 is 4.79. The van der Waals surface area contributed by atoms with Crippen LogP contribution < -0.4 is 0 Å². The van der Waals surface area contributed by atoms with Gasteiger partial charge in [-0.25, -0.2) is 0 Å². The monoisotopic (exact) mass is 279 g/mol. The first kappa shape index (κ1) is 16.0. The van der Waals surface area contributed by atoms with Crippen LogP contribution in [0.15, 0.2) is 24.3 Å². The second-order valence-corrected chi connectivity index (χ2v) is 4.54. The number of aromatic hydroxyl groups is 1. The van der Waals surface area contributed by atoms with E-state index in [1.54, 1.807) is 32.2 Å². The fraction of sp³-hybridized carbons (Fsp3) is 0.467. The maximum absolute atomic E-state index is 12.0. The van der Waals surface area contributed by atoms with Gasteiger partial charge in [-0.1, -0.05) is 18.2 Å². The molecule has 1 aromatic rings. The third-order valence-corrected chi connectivity index (χ3v) is 3.21. The van der Waals surface area contributed by atoms with Crippen LogP contribution >= 0.6 is 0 Å². The number of esters is 1. The van der Waals surface area contributed by atoms with E-state index in [9.17, 15) is 14.7 Å². The molecule has 0 radical (unpaired) electrons. The number of benzene rings is 1. The number of carbonyl (C=O) groups is 2. The molecule has 110 valence electrons. The lowest BCUT2D eigenvalue weighted by Gasteiger charge is -2.25. The highest BCUT2D eigenvalue weighted by atomic mass is 16.5. The summed E-state index contributed by atoms with van der Waals surface area (Å²) in [6.07, 6.45) is 0.178. The Bertz CT molecular complexity index is 473. The van der Waals surface area contributed by atoms with Crippen molar-refractivity contribution >= 4 is 11.9 Å². The quantitative estimate of drug-likeness (QED) is 0.811. The van der Waals surface area contributed by atoms with Gasteiger partial charge < -0.3 is 14.7 Å². The van der Waals surface area contributed by atoms with E-state index in [0.29, 0.717) is 12.2 Å². The van der Waals surface area contributed by atoms with Gasteiger partial charge in [-0.2, -0.15) is 0 Å². The Morgan fingerprint density at radius 1 is 1.30 bits per heavy atom. The number of carbonyl (C=O) groups excluding carboxylic acids is 2. The molecular formula is C15H21NO4. The van der Waals surface area contributed by atoms with E-state index in [0.717, 1.165) is 0 Å². The molecule has 1 rings (SSSR count). The lowest BCUT2D eigenvalue weighted by Crippen LogP contribution is -2.30. The van der Waals surface area contributed by atoms with E-state index >= 15 is 0 Å². The van der Waals surface area contributed by atoms with Crippen molar-refractivity contribution in [1.82, 2.24) is 4.90 Å². The Morgan fingerprint density at radius 3 is 2.55 bits per heavy atom. The standard InChI is InChI=1S/C15H21NO4/c1-4-20-15(19)10-9-14(18)16(3)11(2)12-7-5-6-8-13(12)17/h5-8,11,17H,4,9-10H2,1-3H3. The number of rotatable bonds is 6. The Kier molecular flexibility index (Phi) is 6.03. The zero-order chi connectivity index (χ0) is 15.1. The van der Waals surface area contributed by atoms with E-state index in [1.165, 1.54) is 4.90 Å². The molecule has 0 fully saturated rings. The Balaban J connectivity index is 2.60. The van der Waals surface area contributed by atoms with Crippen LogP contribution in [0.3, 0.4) is 0 Å². The van der Waals surface area contributed by atoms with Crippen LogP contribution in [0.25, 0.3) is 0 Å². The van der Waals surface area contributed by atoms with Crippen LogP contribution in [0.4, 0.5) is 0 Å². The Morgan fingerprint density at radius 2 is 1.95 bits per heavy atom. The van der Waals surface area contributed by atoms with E-state index in [4.69, 9.17) is 4.74 Å². The number of ether oxygens (including phenoxy) is 1. The predicted octanol–water partition coefficient (Wildman–Crippen LogP) is 2.25. The van der Waals surface area contributed by atoms with Crippen molar-refractivity contribution in [1.29, 1.82) is 0 Å². The molecule has 0 saturated carbocycles. The van der Waals surface area contributed by atoms with E-state index in [2.05, 4.69) is 0 Å². The number of phenols is 1. The molecule has 0 heterocycles. The van der Waals surface area contributed by atoms with E-state index in [-0.39, 0.29) is 36.5 Å². The molecule has 0 aliphatic heterocycles. The van der Waals surface area contributed by atoms with Crippen molar-refractivity contribution in [2.24, 2.45) is 0 Å². The third kappa shape index (κ3) is 4.26. The molecule has 5 heteroatoms. The summed E-state index contributed by atoms with van der Waals surface area (Å²) in [6.45, 7) is 3.88. The molecule has 0 aliphatic carbocycles. The summed E-state index contributed by atoms with van der Waals surface area (Å²) in [5.41, 5.74) is 0.680. The number of hydrogen-bond donors (Lipinski definition) is 1. The van der Waals surface area contributed by atoms with Crippen LogP contribution in [-0.2, 0) is 14.3 Å².